The first-order valence-corrected chi connectivity index (χ1v) is 7.51. The van der Waals surface area contributed by atoms with Crippen LogP contribution in [0.2, 0.25) is 0 Å². The van der Waals surface area contributed by atoms with Crippen molar-refractivity contribution in [2.75, 3.05) is 11.9 Å². The number of nitrogens with one attached hydrogen (secondary N) is 1. The summed E-state index contributed by atoms with van der Waals surface area (Å²) in [6.45, 7) is 3.08. The SMILES string of the molecule is CC(C)[C@@]1(n2cnc3c2NC(N)=NC3(N)O)O[C@H](CO)[C@@H](O)[C@H]1O. The van der Waals surface area contributed by atoms with E-state index >= 15 is 0 Å². The molecule has 5 atom stereocenters. The largest absolute Gasteiger partial charge is 0.394 e. The number of fused-ring (bicyclic) bond motifs is 1. The zero-order chi connectivity index (χ0) is 17.9. The Kier molecular flexibility index (Phi) is 3.82. The van der Waals surface area contributed by atoms with E-state index in [1.807, 2.05) is 0 Å². The van der Waals surface area contributed by atoms with Gasteiger partial charge in [-0.3, -0.25) is 10.3 Å². The number of nitrogens with two attached hydrogens (primary N) is 2. The molecule has 1 aromatic rings. The Morgan fingerprint density at radius 2 is 2.12 bits per heavy atom. The number of aliphatic hydroxyl groups excluding tert-OH is 3. The predicted octanol–water partition coefficient (Wildman–Crippen LogP) is -2.89. The third-order valence-electron chi connectivity index (χ3n) is 4.51. The fraction of sp³-hybridized carbons (Fsp3) is 0.692. The van der Waals surface area contributed by atoms with Gasteiger partial charge in [0.25, 0.3) is 5.85 Å². The molecule has 1 fully saturated rings. The fourth-order valence-corrected chi connectivity index (χ4v) is 3.32. The van der Waals surface area contributed by atoms with Gasteiger partial charge < -0.3 is 36.2 Å². The third-order valence-corrected chi connectivity index (χ3v) is 4.51. The topological polar surface area (TPSA) is 184 Å². The van der Waals surface area contributed by atoms with Crippen molar-refractivity contribution >= 4 is 11.8 Å². The Morgan fingerprint density at radius 3 is 2.67 bits per heavy atom. The van der Waals surface area contributed by atoms with Crippen molar-refractivity contribution in [3.63, 3.8) is 0 Å². The average Bonchev–Trinajstić information content (AvgIpc) is 3.01. The van der Waals surface area contributed by atoms with Crippen LogP contribution in [-0.4, -0.2) is 60.9 Å². The number of hydrogen-bond acceptors (Lipinski definition) is 10. The van der Waals surface area contributed by atoms with Gasteiger partial charge in [-0.1, -0.05) is 13.8 Å². The lowest BCUT2D eigenvalue weighted by Gasteiger charge is -2.39. The van der Waals surface area contributed by atoms with Crippen LogP contribution in [0.5, 0.6) is 0 Å². The summed E-state index contributed by atoms with van der Waals surface area (Å²) < 4.78 is 7.24. The van der Waals surface area contributed by atoms with Crippen LogP contribution < -0.4 is 16.8 Å². The molecule has 2 aliphatic rings. The minimum Gasteiger partial charge on any atom is -0.394 e. The van der Waals surface area contributed by atoms with Gasteiger partial charge in [0, 0.05) is 5.92 Å². The van der Waals surface area contributed by atoms with Crippen molar-refractivity contribution < 1.29 is 25.2 Å². The van der Waals surface area contributed by atoms with Gasteiger partial charge in [-0.2, -0.15) is 4.99 Å². The summed E-state index contributed by atoms with van der Waals surface area (Å²) in [7, 11) is 0. The summed E-state index contributed by atoms with van der Waals surface area (Å²) in [5.41, 5.74) is 9.90. The van der Waals surface area contributed by atoms with E-state index in [-0.39, 0.29) is 23.4 Å². The Labute approximate surface area is 137 Å². The minimum atomic E-state index is -2.13. The summed E-state index contributed by atoms with van der Waals surface area (Å²) in [6, 6.07) is 0. The highest BCUT2D eigenvalue weighted by atomic mass is 16.6. The van der Waals surface area contributed by atoms with Crippen molar-refractivity contribution in [1.29, 1.82) is 0 Å². The molecular weight excluding hydrogens is 320 g/mol. The van der Waals surface area contributed by atoms with Gasteiger partial charge >= 0.3 is 0 Å². The van der Waals surface area contributed by atoms with E-state index < -0.39 is 36.5 Å². The highest BCUT2D eigenvalue weighted by Gasteiger charge is 2.58. The summed E-state index contributed by atoms with van der Waals surface area (Å²) in [6.07, 6.45) is -2.34. The molecule has 11 nitrogen and oxygen atoms in total. The van der Waals surface area contributed by atoms with Gasteiger partial charge in [-0.25, -0.2) is 4.98 Å². The van der Waals surface area contributed by atoms with Crippen LogP contribution in [0.25, 0.3) is 0 Å². The van der Waals surface area contributed by atoms with Gasteiger partial charge in [-0.15, -0.1) is 0 Å². The second kappa shape index (κ2) is 5.37. The second-order valence-electron chi connectivity index (χ2n) is 6.34. The Hall–Kier alpha value is -1.76. The van der Waals surface area contributed by atoms with Crippen LogP contribution in [0.4, 0.5) is 5.82 Å². The van der Waals surface area contributed by atoms with E-state index in [0.717, 1.165) is 0 Å². The zero-order valence-corrected chi connectivity index (χ0v) is 13.3. The zero-order valence-electron chi connectivity index (χ0n) is 13.3. The lowest BCUT2D eigenvalue weighted by Crippen LogP contribution is -2.51. The Morgan fingerprint density at radius 1 is 1.46 bits per heavy atom. The molecule has 1 saturated heterocycles. The molecule has 0 amide bonds. The predicted molar refractivity (Wildman–Crippen MR) is 82.3 cm³/mol. The van der Waals surface area contributed by atoms with Crippen LogP contribution >= 0.6 is 0 Å². The number of aliphatic imine (C=N–C) groups is 1. The van der Waals surface area contributed by atoms with E-state index in [4.69, 9.17) is 16.2 Å². The molecule has 1 aromatic heterocycles. The van der Waals surface area contributed by atoms with Gasteiger partial charge in [0.1, 0.15) is 24.1 Å². The summed E-state index contributed by atoms with van der Waals surface area (Å²) >= 11 is 0. The first-order valence-electron chi connectivity index (χ1n) is 7.51. The first-order chi connectivity index (χ1) is 11.1. The number of aromatic nitrogens is 2. The minimum absolute atomic E-state index is 0.00513. The Balaban J connectivity index is 2.16. The first kappa shape index (κ1) is 17.1. The molecule has 134 valence electrons. The summed E-state index contributed by atoms with van der Waals surface area (Å²) in [5.74, 6) is -2.43. The van der Waals surface area contributed by atoms with Gasteiger partial charge in [0.05, 0.1) is 12.9 Å². The lowest BCUT2D eigenvalue weighted by molar-refractivity contribution is -0.174. The number of aliphatic hydroxyl groups is 4. The van der Waals surface area contributed by atoms with Crippen LogP contribution in [0.3, 0.4) is 0 Å². The molecule has 0 bridgehead atoms. The van der Waals surface area contributed by atoms with Crippen molar-refractivity contribution in [3.8, 4) is 0 Å². The van der Waals surface area contributed by atoms with E-state index in [9.17, 15) is 20.4 Å². The van der Waals surface area contributed by atoms with E-state index in [1.165, 1.54) is 10.9 Å². The van der Waals surface area contributed by atoms with Crippen LogP contribution in [0.15, 0.2) is 11.3 Å². The normalized spacial score (nSPS) is 38.8. The molecule has 0 radical (unpaired) electrons. The standard InChI is InChI=1S/C13H22N6O5/c1-5(2)12(9(22)7(21)6(3-20)24-12)19-4-16-8-10(19)17-11(14)18-13(8,15)23/h4-7,9,20-23H,3,15H2,1-2H3,(H3,14,17,18)/t6-,7-,9-,12-,13?/m1/s1. The monoisotopic (exact) mass is 342 g/mol. The molecule has 24 heavy (non-hydrogen) atoms. The van der Waals surface area contributed by atoms with Crippen molar-refractivity contribution in [1.82, 2.24) is 9.55 Å². The molecule has 0 saturated carbocycles. The molecular formula is C13H22N6O5. The molecule has 0 spiro atoms. The van der Waals surface area contributed by atoms with Crippen LogP contribution in [0.1, 0.15) is 19.5 Å². The number of rotatable bonds is 3. The highest BCUT2D eigenvalue weighted by Crippen LogP contribution is 2.44. The molecule has 2 aliphatic heterocycles. The van der Waals surface area contributed by atoms with Gasteiger partial charge in [-0.05, 0) is 0 Å². The Bertz CT molecular complexity index is 674. The van der Waals surface area contributed by atoms with Gasteiger partial charge in [0.15, 0.2) is 17.4 Å². The van der Waals surface area contributed by atoms with E-state index in [2.05, 4.69) is 15.3 Å². The molecule has 3 rings (SSSR count). The number of ether oxygens (including phenoxy) is 1. The quantitative estimate of drug-likeness (QED) is 0.283. The van der Waals surface area contributed by atoms with Crippen molar-refractivity contribution in [2.24, 2.45) is 22.4 Å². The molecule has 1 unspecified atom stereocenters. The maximum Gasteiger partial charge on any atom is 0.262 e. The smallest absolute Gasteiger partial charge is 0.262 e. The maximum atomic E-state index is 10.6. The molecule has 9 N–H and O–H groups in total. The van der Waals surface area contributed by atoms with Crippen LogP contribution in [-0.2, 0) is 16.3 Å². The average molecular weight is 342 g/mol. The van der Waals surface area contributed by atoms with E-state index in [0.29, 0.717) is 0 Å². The lowest BCUT2D eigenvalue weighted by atomic mass is 9.91. The second-order valence-corrected chi connectivity index (χ2v) is 6.34. The number of anilines is 1. The van der Waals surface area contributed by atoms with Crippen LogP contribution in [0, 0.1) is 5.92 Å². The number of nitrogens with zero attached hydrogens (tertiary/aromatic N) is 3. The van der Waals surface area contributed by atoms with Gasteiger partial charge in [0.2, 0.25) is 0 Å². The molecule has 0 aromatic carbocycles. The molecule has 3 heterocycles. The summed E-state index contributed by atoms with van der Waals surface area (Å²) in [4.78, 5) is 7.73. The fourth-order valence-electron chi connectivity index (χ4n) is 3.32. The maximum absolute atomic E-state index is 10.6. The highest BCUT2D eigenvalue weighted by molar-refractivity contribution is 5.94. The number of guanidine groups is 1. The third kappa shape index (κ3) is 2.13. The summed E-state index contributed by atoms with van der Waals surface area (Å²) in [5, 5.41) is 43.1. The van der Waals surface area contributed by atoms with Crippen molar-refractivity contribution in [3.05, 3.63) is 12.0 Å². The number of hydrogen-bond donors (Lipinski definition) is 7. The number of imidazole rings is 1. The molecule has 11 heteroatoms. The van der Waals surface area contributed by atoms with E-state index in [1.54, 1.807) is 13.8 Å². The van der Waals surface area contributed by atoms with Crippen molar-refractivity contribution in [2.45, 2.75) is 43.7 Å². The molecule has 0 aliphatic carbocycles.